The maximum atomic E-state index is 5.37. The van der Waals surface area contributed by atoms with Gasteiger partial charge < -0.3 is 10.1 Å². The van der Waals surface area contributed by atoms with Crippen LogP contribution in [0.4, 0.5) is 5.82 Å². The summed E-state index contributed by atoms with van der Waals surface area (Å²) in [4.78, 5) is 17.0. The molecule has 20 heavy (non-hydrogen) atoms. The Morgan fingerprint density at radius 1 is 1.25 bits per heavy atom. The van der Waals surface area contributed by atoms with Crippen molar-refractivity contribution in [3.05, 3.63) is 30.5 Å². The van der Waals surface area contributed by atoms with Crippen molar-refractivity contribution in [2.45, 2.75) is 30.5 Å². The summed E-state index contributed by atoms with van der Waals surface area (Å²) >= 11 is 1.48. The largest absolute Gasteiger partial charge is 0.374 e. The number of nitrogens with zero attached hydrogens (tertiary/aromatic N) is 4. The molecule has 1 N–H and O–H groups in total. The molecule has 2 aromatic heterocycles. The summed E-state index contributed by atoms with van der Waals surface area (Å²) in [6.45, 7) is 5.84. The third-order valence-electron chi connectivity index (χ3n) is 2.31. The maximum Gasteiger partial charge on any atom is 0.157 e. The third kappa shape index (κ3) is 4.43. The van der Waals surface area contributed by atoms with E-state index in [2.05, 4.69) is 25.3 Å². The first-order chi connectivity index (χ1) is 9.81. The van der Waals surface area contributed by atoms with Crippen LogP contribution in [0.3, 0.4) is 0 Å². The van der Waals surface area contributed by atoms with Gasteiger partial charge in [0, 0.05) is 25.4 Å². The van der Waals surface area contributed by atoms with Gasteiger partial charge in [0.2, 0.25) is 0 Å². The van der Waals surface area contributed by atoms with E-state index in [0.717, 1.165) is 22.4 Å². The molecule has 0 amide bonds. The van der Waals surface area contributed by atoms with Crippen molar-refractivity contribution in [3.8, 4) is 0 Å². The van der Waals surface area contributed by atoms with Gasteiger partial charge in [0.15, 0.2) is 5.82 Å². The van der Waals surface area contributed by atoms with Crippen LogP contribution in [-0.4, -0.2) is 33.1 Å². The lowest BCUT2D eigenvalue weighted by Gasteiger charge is -2.08. The summed E-state index contributed by atoms with van der Waals surface area (Å²) in [6.07, 6.45) is 3.23. The Labute approximate surface area is 122 Å². The van der Waals surface area contributed by atoms with Gasteiger partial charge in [-0.05, 0) is 31.7 Å². The molecule has 0 saturated carbocycles. The monoisotopic (exact) mass is 291 g/mol. The second kappa shape index (κ2) is 7.76. The number of rotatable bonds is 7. The molecule has 2 heterocycles. The molecule has 0 radical (unpaired) electrons. The van der Waals surface area contributed by atoms with Gasteiger partial charge in [0.1, 0.15) is 28.8 Å². The molecule has 0 atom stereocenters. The minimum Gasteiger partial charge on any atom is -0.374 e. The highest BCUT2D eigenvalue weighted by Crippen LogP contribution is 2.25. The average Bonchev–Trinajstić information content (AvgIpc) is 2.46. The number of ether oxygens (including phenoxy) is 1. The molecule has 0 bridgehead atoms. The Hall–Kier alpha value is -1.73. The van der Waals surface area contributed by atoms with E-state index in [4.69, 9.17) is 4.74 Å². The number of nitrogens with one attached hydrogen (secondary N) is 1. The topological polar surface area (TPSA) is 72.8 Å². The van der Waals surface area contributed by atoms with Crippen molar-refractivity contribution in [2.24, 2.45) is 0 Å². The lowest BCUT2D eigenvalue weighted by Crippen LogP contribution is -2.06. The fourth-order valence-electron chi connectivity index (χ4n) is 1.50. The molecule has 0 aromatic carbocycles. The second-order valence-electron chi connectivity index (χ2n) is 3.82. The van der Waals surface area contributed by atoms with Gasteiger partial charge in [-0.1, -0.05) is 0 Å². The van der Waals surface area contributed by atoms with Crippen LogP contribution in [0.25, 0.3) is 0 Å². The molecule has 6 nitrogen and oxygen atoms in total. The van der Waals surface area contributed by atoms with Gasteiger partial charge in [-0.15, -0.1) is 0 Å². The van der Waals surface area contributed by atoms with E-state index in [1.54, 1.807) is 6.20 Å². The highest BCUT2D eigenvalue weighted by Gasteiger charge is 2.07. The summed E-state index contributed by atoms with van der Waals surface area (Å²) in [7, 11) is 0. The molecule has 0 aliphatic heterocycles. The number of hydrogen-bond acceptors (Lipinski definition) is 7. The molecular weight excluding hydrogens is 274 g/mol. The Kier molecular flexibility index (Phi) is 5.69. The van der Waals surface area contributed by atoms with Crippen molar-refractivity contribution in [2.75, 3.05) is 18.5 Å². The van der Waals surface area contributed by atoms with E-state index < -0.39 is 0 Å². The molecule has 7 heteroatoms. The summed E-state index contributed by atoms with van der Waals surface area (Å²) in [5.41, 5.74) is 0. The zero-order valence-electron chi connectivity index (χ0n) is 11.5. The molecule has 0 fully saturated rings. The van der Waals surface area contributed by atoms with Crippen LogP contribution in [0, 0.1) is 0 Å². The molecule has 0 aliphatic carbocycles. The lowest BCUT2D eigenvalue weighted by atomic mass is 10.5. The van der Waals surface area contributed by atoms with E-state index in [-0.39, 0.29) is 0 Å². The van der Waals surface area contributed by atoms with Gasteiger partial charge in [0.05, 0.1) is 0 Å². The standard InChI is InChI=1S/C13H17N5OS/c1-3-15-10-7-13(18-11(17-10)8-19-4-2)20-12-5-6-14-9-16-12/h5-7,9H,3-4,8H2,1-2H3,(H,15,17,18). The highest BCUT2D eigenvalue weighted by atomic mass is 32.2. The van der Waals surface area contributed by atoms with Gasteiger partial charge in [-0.2, -0.15) is 0 Å². The van der Waals surface area contributed by atoms with Crippen molar-refractivity contribution < 1.29 is 4.74 Å². The molecule has 106 valence electrons. The van der Waals surface area contributed by atoms with Crippen molar-refractivity contribution >= 4 is 17.6 Å². The van der Waals surface area contributed by atoms with Crippen molar-refractivity contribution in [1.29, 1.82) is 0 Å². The average molecular weight is 291 g/mol. The van der Waals surface area contributed by atoms with Gasteiger partial charge in [0.25, 0.3) is 0 Å². The summed E-state index contributed by atoms with van der Waals surface area (Å²) in [5.74, 6) is 1.47. The predicted octanol–water partition coefficient (Wildman–Crippen LogP) is 2.39. The van der Waals surface area contributed by atoms with E-state index in [9.17, 15) is 0 Å². The SMILES string of the molecule is CCNc1cc(Sc2ccncn2)nc(COCC)n1. The number of anilines is 1. The Balaban J connectivity index is 2.19. The van der Waals surface area contributed by atoms with Crippen molar-refractivity contribution in [1.82, 2.24) is 19.9 Å². The van der Waals surface area contributed by atoms with Crippen LogP contribution in [0.5, 0.6) is 0 Å². The Morgan fingerprint density at radius 3 is 2.85 bits per heavy atom. The maximum absolute atomic E-state index is 5.37. The van der Waals surface area contributed by atoms with Gasteiger partial charge >= 0.3 is 0 Å². The van der Waals surface area contributed by atoms with Crippen LogP contribution >= 0.6 is 11.8 Å². The normalized spacial score (nSPS) is 10.5. The zero-order valence-corrected chi connectivity index (χ0v) is 12.4. The number of aromatic nitrogens is 4. The highest BCUT2D eigenvalue weighted by molar-refractivity contribution is 7.99. The van der Waals surface area contributed by atoms with E-state index in [0.29, 0.717) is 19.0 Å². The Bertz CT molecular complexity index is 538. The van der Waals surface area contributed by atoms with Crippen LogP contribution in [0.2, 0.25) is 0 Å². The number of hydrogen-bond donors (Lipinski definition) is 1. The third-order valence-corrected chi connectivity index (χ3v) is 3.17. The predicted molar refractivity (Wildman–Crippen MR) is 77.7 cm³/mol. The minimum atomic E-state index is 0.410. The molecule has 0 aliphatic rings. The molecule has 0 unspecified atom stereocenters. The fraction of sp³-hybridized carbons (Fsp3) is 0.385. The van der Waals surface area contributed by atoms with Crippen LogP contribution < -0.4 is 5.32 Å². The first-order valence-corrected chi connectivity index (χ1v) is 7.27. The van der Waals surface area contributed by atoms with Crippen molar-refractivity contribution in [3.63, 3.8) is 0 Å². The van der Waals surface area contributed by atoms with Crippen LogP contribution in [-0.2, 0) is 11.3 Å². The van der Waals surface area contributed by atoms with Gasteiger partial charge in [-0.3, -0.25) is 0 Å². The quantitative estimate of drug-likeness (QED) is 0.785. The van der Waals surface area contributed by atoms with E-state index in [1.807, 2.05) is 26.0 Å². The van der Waals surface area contributed by atoms with Gasteiger partial charge in [-0.25, -0.2) is 19.9 Å². The zero-order chi connectivity index (χ0) is 14.2. The summed E-state index contributed by atoms with van der Waals surface area (Å²) in [5, 5.41) is 4.89. The molecule has 0 spiro atoms. The minimum absolute atomic E-state index is 0.410. The first-order valence-electron chi connectivity index (χ1n) is 6.45. The lowest BCUT2D eigenvalue weighted by molar-refractivity contribution is 0.128. The molecule has 2 rings (SSSR count). The molecular formula is C13H17N5OS. The second-order valence-corrected chi connectivity index (χ2v) is 4.87. The summed E-state index contributed by atoms with van der Waals surface area (Å²) < 4.78 is 5.37. The smallest absolute Gasteiger partial charge is 0.157 e. The molecule has 2 aromatic rings. The Morgan fingerprint density at radius 2 is 2.15 bits per heavy atom. The van der Waals surface area contributed by atoms with Crippen LogP contribution in [0.1, 0.15) is 19.7 Å². The van der Waals surface area contributed by atoms with Crippen LogP contribution in [0.15, 0.2) is 34.7 Å². The molecule has 0 saturated heterocycles. The fourth-order valence-corrected chi connectivity index (χ4v) is 2.27. The van der Waals surface area contributed by atoms with E-state index >= 15 is 0 Å². The summed E-state index contributed by atoms with van der Waals surface area (Å²) in [6, 6.07) is 3.76. The van der Waals surface area contributed by atoms with E-state index in [1.165, 1.54) is 18.1 Å². The first kappa shape index (κ1) is 14.7.